The number of benzene rings is 1. The van der Waals surface area contributed by atoms with Crippen LogP contribution in [0.1, 0.15) is 57.7 Å². The largest absolute Gasteiger partial charge is 0.481 e. The minimum Gasteiger partial charge on any atom is -0.481 e. The summed E-state index contributed by atoms with van der Waals surface area (Å²) < 4.78 is 11.3. The van der Waals surface area contributed by atoms with Crippen LogP contribution in [0.2, 0.25) is 0 Å². The van der Waals surface area contributed by atoms with Crippen LogP contribution in [-0.2, 0) is 41.8 Å². The number of allylic oxidation sites excluding steroid dienone is 1. The Kier molecular flexibility index (Phi) is 15.0. The van der Waals surface area contributed by atoms with Gasteiger partial charge in [-0.25, -0.2) is 9.59 Å². The third kappa shape index (κ3) is 13.5. The van der Waals surface area contributed by atoms with Crippen LogP contribution in [0.5, 0.6) is 0 Å². The number of amides is 3. The molecule has 45 heavy (non-hydrogen) atoms. The number of nitrogens with zero attached hydrogens (tertiary/aromatic N) is 1. The molecular formula is C32H42N4O9. The van der Waals surface area contributed by atoms with E-state index in [-0.39, 0.29) is 44.1 Å². The van der Waals surface area contributed by atoms with Crippen LogP contribution < -0.4 is 21.5 Å². The van der Waals surface area contributed by atoms with Crippen molar-refractivity contribution < 1.29 is 38.6 Å². The molecule has 4 N–H and O–H groups in total. The highest BCUT2D eigenvalue weighted by molar-refractivity contribution is 5.96. The minimum absolute atomic E-state index is 0.0288. The number of ether oxygens (including phenoxy) is 2. The van der Waals surface area contributed by atoms with Gasteiger partial charge < -0.3 is 35.1 Å². The maximum Gasteiger partial charge on any atom is 0.408 e. The molecule has 0 aliphatic rings. The monoisotopic (exact) mass is 626 g/mol. The normalized spacial score (nSPS) is 12.3. The van der Waals surface area contributed by atoms with Gasteiger partial charge in [0, 0.05) is 17.8 Å². The molecule has 0 saturated heterocycles. The quantitative estimate of drug-likeness (QED) is 0.151. The van der Waals surface area contributed by atoms with E-state index in [1.54, 1.807) is 44.2 Å². The second-order valence-corrected chi connectivity index (χ2v) is 10.8. The van der Waals surface area contributed by atoms with E-state index >= 15 is 0 Å². The maximum absolute atomic E-state index is 13.3. The summed E-state index contributed by atoms with van der Waals surface area (Å²) in [6.45, 7) is 6.89. The number of carboxylic acids is 1. The molecule has 2 aromatic rings. The smallest absolute Gasteiger partial charge is 0.408 e. The molecule has 1 aromatic heterocycles. The van der Waals surface area contributed by atoms with Gasteiger partial charge in [-0.3, -0.25) is 19.2 Å². The zero-order valence-corrected chi connectivity index (χ0v) is 26.0. The van der Waals surface area contributed by atoms with Gasteiger partial charge in [-0.1, -0.05) is 50.3 Å². The van der Waals surface area contributed by atoms with Crippen molar-refractivity contribution in [3.05, 3.63) is 76.2 Å². The van der Waals surface area contributed by atoms with Crippen molar-refractivity contribution in [3.8, 4) is 0 Å². The van der Waals surface area contributed by atoms with E-state index in [2.05, 4.69) is 16.0 Å². The second kappa shape index (κ2) is 18.7. The summed E-state index contributed by atoms with van der Waals surface area (Å²) in [6, 6.07) is 10.1. The lowest BCUT2D eigenvalue weighted by Crippen LogP contribution is -2.45. The number of aliphatic carboxylic acids is 1. The highest BCUT2D eigenvalue weighted by Crippen LogP contribution is 2.10. The highest BCUT2D eigenvalue weighted by atomic mass is 16.5. The molecule has 3 amide bonds. The molecule has 0 spiro atoms. The average molecular weight is 627 g/mol. The molecule has 0 bridgehead atoms. The number of carbonyl (C=O) groups is 5. The van der Waals surface area contributed by atoms with Crippen LogP contribution in [-0.4, -0.2) is 58.2 Å². The van der Waals surface area contributed by atoms with Crippen molar-refractivity contribution in [1.29, 1.82) is 0 Å². The van der Waals surface area contributed by atoms with Crippen molar-refractivity contribution >= 4 is 35.5 Å². The van der Waals surface area contributed by atoms with E-state index in [4.69, 9.17) is 9.47 Å². The third-order valence-corrected chi connectivity index (χ3v) is 6.48. The fourth-order valence-electron chi connectivity index (χ4n) is 4.38. The lowest BCUT2D eigenvalue weighted by Gasteiger charge is -2.20. The Balaban J connectivity index is 2.17. The SMILES string of the molecule is CCOC(=O)/C=C/CC[C@H](NC(=O)OCc1ccccc1)C(=O)Nc1ccc(C)n(CC(=O)NC(CC(=O)O)CC(C)C)c1=O. The zero-order chi connectivity index (χ0) is 33.4. The topological polar surface area (TPSA) is 182 Å². The molecule has 1 unspecified atom stereocenters. The number of pyridine rings is 1. The van der Waals surface area contributed by atoms with Crippen molar-refractivity contribution in [2.24, 2.45) is 5.92 Å². The molecule has 2 atom stereocenters. The molecule has 0 aliphatic carbocycles. The molecule has 1 aromatic carbocycles. The van der Waals surface area contributed by atoms with Gasteiger partial charge in [0.25, 0.3) is 5.56 Å². The van der Waals surface area contributed by atoms with E-state index in [0.29, 0.717) is 12.1 Å². The number of alkyl carbamates (subject to hydrolysis) is 1. The summed E-state index contributed by atoms with van der Waals surface area (Å²) in [5.41, 5.74) is 0.391. The Bertz CT molecular complexity index is 1400. The number of carboxylic acid groups (broad SMARTS) is 1. The number of esters is 1. The van der Waals surface area contributed by atoms with Crippen LogP contribution in [0.3, 0.4) is 0 Å². The van der Waals surface area contributed by atoms with Gasteiger partial charge in [0.2, 0.25) is 11.8 Å². The van der Waals surface area contributed by atoms with Gasteiger partial charge in [0.05, 0.1) is 13.0 Å². The van der Waals surface area contributed by atoms with Gasteiger partial charge in [-0.15, -0.1) is 0 Å². The number of anilines is 1. The molecule has 0 saturated carbocycles. The molecule has 0 radical (unpaired) electrons. The first-order chi connectivity index (χ1) is 21.4. The predicted molar refractivity (Wildman–Crippen MR) is 166 cm³/mol. The Labute approximate surface area is 262 Å². The summed E-state index contributed by atoms with van der Waals surface area (Å²) in [4.78, 5) is 74.8. The van der Waals surface area contributed by atoms with E-state index < -0.39 is 54.0 Å². The Hall–Kier alpha value is -4.94. The average Bonchev–Trinajstić information content (AvgIpc) is 2.97. The zero-order valence-electron chi connectivity index (χ0n) is 26.0. The molecule has 13 heteroatoms. The lowest BCUT2D eigenvalue weighted by molar-refractivity contribution is -0.138. The van der Waals surface area contributed by atoms with Gasteiger partial charge in [-0.05, 0) is 56.7 Å². The molecule has 0 fully saturated rings. The van der Waals surface area contributed by atoms with Crippen LogP contribution in [0.15, 0.2) is 59.4 Å². The van der Waals surface area contributed by atoms with Crippen molar-refractivity contribution in [2.45, 2.75) is 78.6 Å². The fourth-order valence-corrected chi connectivity index (χ4v) is 4.38. The fraction of sp³-hybridized carbons (Fsp3) is 0.438. The van der Waals surface area contributed by atoms with Gasteiger partial charge in [0.15, 0.2) is 0 Å². The maximum atomic E-state index is 13.3. The van der Waals surface area contributed by atoms with Crippen molar-refractivity contribution in [3.63, 3.8) is 0 Å². The van der Waals surface area contributed by atoms with Crippen molar-refractivity contribution in [1.82, 2.24) is 15.2 Å². The molecule has 2 rings (SSSR count). The van der Waals surface area contributed by atoms with E-state index in [1.165, 1.54) is 18.2 Å². The van der Waals surface area contributed by atoms with Crippen LogP contribution in [0, 0.1) is 12.8 Å². The Morgan fingerprint density at radius 2 is 1.71 bits per heavy atom. The number of hydrogen-bond donors (Lipinski definition) is 4. The number of rotatable bonds is 17. The summed E-state index contributed by atoms with van der Waals surface area (Å²) in [5.74, 6) is -2.73. The van der Waals surface area contributed by atoms with Gasteiger partial charge >= 0.3 is 18.0 Å². The first-order valence-corrected chi connectivity index (χ1v) is 14.7. The van der Waals surface area contributed by atoms with Crippen LogP contribution >= 0.6 is 0 Å². The Morgan fingerprint density at radius 1 is 1.00 bits per heavy atom. The molecule has 13 nitrogen and oxygen atoms in total. The predicted octanol–water partition coefficient (Wildman–Crippen LogP) is 3.30. The molecule has 0 aliphatic heterocycles. The van der Waals surface area contributed by atoms with Crippen LogP contribution in [0.4, 0.5) is 10.5 Å². The summed E-state index contributed by atoms with van der Waals surface area (Å²) in [7, 11) is 0. The highest BCUT2D eigenvalue weighted by Gasteiger charge is 2.23. The van der Waals surface area contributed by atoms with Crippen molar-refractivity contribution in [2.75, 3.05) is 11.9 Å². The molecular weight excluding hydrogens is 584 g/mol. The first kappa shape index (κ1) is 36.3. The van der Waals surface area contributed by atoms with Gasteiger partial charge in [0.1, 0.15) is 24.9 Å². The number of hydrogen-bond acceptors (Lipinski definition) is 8. The minimum atomic E-state index is -1.15. The van der Waals surface area contributed by atoms with Gasteiger partial charge in [-0.2, -0.15) is 0 Å². The molecule has 1 heterocycles. The summed E-state index contributed by atoms with van der Waals surface area (Å²) >= 11 is 0. The van der Waals surface area contributed by atoms with E-state index in [9.17, 15) is 33.9 Å². The number of aromatic nitrogens is 1. The summed E-state index contributed by atoms with van der Waals surface area (Å²) in [5, 5.41) is 16.9. The number of nitrogens with one attached hydrogen (secondary N) is 3. The number of carbonyl (C=O) groups excluding carboxylic acids is 4. The second-order valence-electron chi connectivity index (χ2n) is 10.8. The first-order valence-electron chi connectivity index (χ1n) is 14.7. The summed E-state index contributed by atoms with van der Waals surface area (Å²) in [6.07, 6.45) is 2.32. The Morgan fingerprint density at radius 3 is 2.36 bits per heavy atom. The molecule has 244 valence electrons. The lowest BCUT2D eigenvalue weighted by atomic mass is 10.0. The van der Waals surface area contributed by atoms with E-state index in [0.717, 1.165) is 10.1 Å². The van der Waals surface area contributed by atoms with E-state index in [1.807, 2.05) is 19.9 Å². The number of aryl methyl sites for hydroxylation is 1. The van der Waals surface area contributed by atoms with Crippen LogP contribution in [0.25, 0.3) is 0 Å². The third-order valence-electron chi connectivity index (χ3n) is 6.48. The standard InChI is InChI=1S/C32H42N4O9/c1-5-44-29(40)14-10-9-13-25(35-32(43)45-20-23-11-7-6-8-12-23)30(41)34-26-16-15-22(4)36(31(26)42)19-27(37)33-24(17-21(2)3)18-28(38)39/h6-8,10-12,14-16,21,24-25H,5,9,13,17-20H2,1-4H3,(H,33,37)(H,34,41)(H,35,43)(H,38,39)/b14-10+/t24?,25-/m0/s1.